The predicted octanol–water partition coefficient (Wildman–Crippen LogP) is 4.96. The van der Waals surface area contributed by atoms with Crippen LogP contribution in [0.5, 0.6) is 0 Å². The first-order valence-corrected chi connectivity index (χ1v) is 10.9. The van der Waals surface area contributed by atoms with Gasteiger partial charge in [-0.2, -0.15) is 0 Å². The smallest absolute Gasteiger partial charge is 0.0549 e. The van der Waals surface area contributed by atoms with Crippen molar-refractivity contribution < 1.29 is 0 Å². The first kappa shape index (κ1) is 17.1. The summed E-state index contributed by atoms with van der Waals surface area (Å²) in [6, 6.07) is 4.59. The summed E-state index contributed by atoms with van der Waals surface area (Å²) in [6.45, 7) is 4.12. The van der Waals surface area contributed by atoms with Crippen molar-refractivity contribution in [1.29, 1.82) is 0 Å². The molecule has 1 spiro atoms. The Bertz CT molecular complexity index is 524. The lowest BCUT2D eigenvalue weighted by atomic mass is 9.66. The lowest BCUT2D eigenvalue weighted by Gasteiger charge is -2.48. The Labute approximate surface area is 152 Å². The number of rotatable bonds is 5. The summed E-state index contributed by atoms with van der Waals surface area (Å²) in [5.74, 6) is 1.06. The Hall–Kier alpha value is -0.380. The van der Waals surface area contributed by atoms with E-state index in [1.54, 1.807) is 4.88 Å². The van der Waals surface area contributed by atoms with E-state index in [0.717, 1.165) is 5.92 Å². The molecule has 0 aromatic carbocycles. The summed E-state index contributed by atoms with van der Waals surface area (Å²) in [4.78, 5) is 6.89. The Balaban J connectivity index is 1.36. The van der Waals surface area contributed by atoms with E-state index in [0.29, 0.717) is 11.0 Å². The van der Waals surface area contributed by atoms with E-state index in [-0.39, 0.29) is 0 Å². The van der Waals surface area contributed by atoms with Crippen LogP contribution in [0, 0.1) is 11.3 Å². The van der Waals surface area contributed by atoms with Gasteiger partial charge in [0.05, 0.1) is 5.54 Å². The van der Waals surface area contributed by atoms with Crippen LogP contribution in [0.4, 0.5) is 0 Å². The van der Waals surface area contributed by atoms with Crippen molar-refractivity contribution in [1.82, 2.24) is 9.80 Å². The van der Waals surface area contributed by atoms with Gasteiger partial charge in [-0.15, -0.1) is 11.3 Å². The molecule has 1 aromatic rings. The van der Waals surface area contributed by atoms with Crippen LogP contribution in [0.25, 0.3) is 0 Å². The lowest BCUT2D eigenvalue weighted by molar-refractivity contribution is 0.0404. The van der Waals surface area contributed by atoms with Gasteiger partial charge in [0, 0.05) is 11.4 Å². The number of thiophene rings is 1. The van der Waals surface area contributed by atoms with E-state index < -0.39 is 0 Å². The second-order valence-electron chi connectivity index (χ2n) is 9.02. The molecule has 2 nitrogen and oxygen atoms in total. The van der Waals surface area contributed by atoms with Crippen molar-refractivity contribution in [2.24, 2.45) is 11.3 Å². The number of hydrogen-bond acceptors (Lipinski definition) is 3. The highest BCUT2D eigenvalue weighted by Gasteiger charge is 2.47. The topological polar surface area (TPSA) is 6.48 Å². The minimum absolute atomic E-state index is 0.304. The van der Waals surface area contributed by atoms with Gasteiger partial charge in [0.1, 0.15) is 0 Å². The summed E-state index contributed by atoms with van der Waals surface area (Å²) < 4.78 is 0. The molecule has 2 aliphatic carbocycles. The number of likely N-dealkylation sites (tertiary alicyclic amines) is 1. The molecular weight excluding hydrogens is 312 g/mol. The molecule has 24 heavy (non-hydrogen) atoms. The van der Waals surface area contributed by atoms with Crippen LogP contribution in [0.15, 0.2) is 17.5 Å². The normalized spacial score (nSPS) is 35.0. The first-order chi connectivity index (χ1) is 11.6. The molecule has 0 amide bonds. The molecular formula is C21H34N2S. The van der Waals surface area contributed by atoms with Gasteiger partial charge < -0.3 is 4.90 Å². The summed E-state index contributed by atoms with van der Waals surface area (Å²) >= 11 is 1.96. The average Bonchev–Trinajstić information content (AvgIpc) is 3.18. The zero-order valence-corrected chi connectivity index (χ0v) is 16.4. The summed E-state index contributed by atoms with van der Waals surface area (Å²) in [6.07, 6.45) is 12.9. The van der Waals surface area contributed by atoms with Gasteiger partial charge >= 0.3 is 0 Å². The third-order valence-electron chi connectivity index (χ3n) is 7.57. The van der Waals surface area contributed by atoms with Crippen LogP contribution < -0.4 is 0 Å². The van der Waals surface area contributed by atoms with Gasteiger partial charge in [-0.3, -0.25) is 4.90 Å². The van der Waals surface area contributed by atoms with Crippen LogP contribution in [0.2, 0.25) is 0 Å². The molecule has 2 saturated carbocycles. The fraction of sp³-hybridized carbons (Fsp3) is 0.810. The fourth-order valence-electron chi connectivity index (χ4n) is 5.42. The monoisotopic (exact) mass is 346 g/mol. The van der Waals surface area contributed by atoms with E-state index in [1.165, 1.54) is 77.4 Å². The van der Waals surface area contributed by atoms with Gasteiger partial charge in [0.25, 0.3) is 0 Å². The van der Waals surface area contributed by atoms with E-state index in [9.17, 15) is 0 Å². The predicted molar refractivity (Wildman–Crippen MR) is 104 cm³/mol. The Morgan fingerprint density at radius 3 is 2.54 bits per heavy atom. The Kier molecular flexibility index (Phi) is 4.79. The maximum atomic E-state index is 2.80. The van der Waals surface area contributed by atoms with E-state index in [2.05, 4.69) is 41.4 Å². The molecule has 3 heteroatoms. The molecule has 3 fully saturated rings. The molecule has 1 saturated heterocycles. The lowest BCUT2D eigenvalue weighted by Crippen LogP contribution is -2.47. The fourth-order valence-corrected chi connectivity index (χ4v) is 6.49. The van der Waals surface area contributed by atoms with Crippen LogP contribution in [-0.2, 0) is 5.54 Å². The quantitative estimate of drug-likeness (QED) is 0.743. The highest BCUT2D eigenvalue weighted by Crippen LogP contribution is 2.52. The number of hydrogen-bond donors (Lipinski definition) is 0. The molecule has 4 rings (SSSR count). The van der Waals surface area contributed by atoms with Gasteiger partial charge in [0.15, 0.2) is 0 Å². The zero-order valence-electron chi connectivity index (χ0n) is 15.6. The van der Waals surface area contributed by atoms with Crippen LogP contribution in [0.1, 0.15) is 62.7 Å². The standard InChI is InChI=1S/C21H34N2S/c1-22(2)21(19-7-4-16-24-19)11-9-20(10-12-21)13-15-23(17-20)14-8-18-5-3-6-18/h4,7,16,18H,3,5-6,8-15,17H2,1-2H3. The Morgan fingerprint density at radius 2 is 1.96 bits per heavy atom. The highest BCUT2D eigenvalue weighted by atomic mass is 32.1. The van der Waals surface area contributed by atoms with Crippen molar-refractivity contribution in [3.8, 4) is 0 Å². The van der Waals surface area contributed by atoms with Gasteiger partial charge in [-0.25, -0.2) is 0 Å². The second kappa shape index (κ2) is 6.74. The van der Waals surface area contributed by atoms with Gasteiger partial charge in [-0.1, -0.05) is 25.3 Å². The zero-order chi connectivity index (χ0) is 16.6. The molecule has 2 heterocycles. The number of nitrogens with zero attached hydrogens (tertiary/aromatic N) is 2. The third kappa shape index (κ3) is 3.08. The van der Waals surface area contributed by atoms with E-state index in [4.69, 9.17) is 0 Å². The largest absolute Gasteiger partial charge is 0.303 e. The average molecular weight is 347 g/mol. The van der Waals surface area contributed by atoms with Crippen LogP contribution in [-0.4, -0.2) is 43.5 Å². The summed E-state index contributed by atoms with van der Waals surface area (Å²) in [7, 11) is 4.58. The molecule has 1 aromatic heterocycles. The molecule has 0 atom stereocenters. The van der Waals surface area contributed by atoms with Crippen molar-refractivity contribution in [2.45, 2.75) is 63.3 Å². The molecule has 0 bridgehead atoms. The van der Waals surface area contributed by atoms with Gasteiger partial charge in [0.2, 0.25) is 0 Å². The highest BCUT2D eigenvalue weighted by molar-refractivity contribution is 7.10. The molecule has 134 valence electrons. The molecule has 1 aliphatic heterocycles. The minimum atomic E-state index is 0.304. The SMILES string of the molecule is CN(C)C1(c2cccs2)CCC2(CCN(CCC3CCC3)C2)CC1. The van der Waals surface area contributed by atoms with Crippen molar-refractivity contribution in [2.75, 3.05) is 33.7 Å². The van der Waals surface area contributed by atoms with Crippen LogP contribution in [0.3, 0.4) is 0 Å². The maximum absolute atomic E-state index is 2.80. The molecule has 3 aliphatic rings. The van der Waals surface area contributed by atoms with E-state index >= 15 is 0 Å². The maximum Gasteiger partial charge on any atom is 0.0549 e. The summed E-state index contributed by atoms with van der Waals surface area (Å²) in [5.41, 5.74) is 0.940. The Morgan fingerprint density at radius 1 is 1.17 bits per heavy atom. The minimum Gasteiger partial charge on any atom is -0.303 e. The van der Waals surface area contributed by atoms with E-state index in [1.807, 2.05) is 11.3 Å². The van der Waals surface area contributed by atoms with Crippen LogP contribution >= 0.6 is 11.3 Å². The van der Waals surface area contributed by atoms with Crippen molar-refractivity contribution in [3.05, 3.63) is 22.4 Å². The first-order valence-electron chi connectivity index (χ1n) is 10.1. The van der Waals surface area contributed by atoms with Crippen molar-refractivity contribution >= 4 is 11.3 Å². The second-order valence-corrected chi connectivity index (χ2v) is 9.96. The molecule has 0 unspecified atom stereocenters. The third-order valence-corrected chi connectivity index (χ3v) is 8.63. The molecule has 0 radical (unpaired) electrons. The summed E-state index contributed by atoms with van der Waals surface area (Å²) in [5, 5.41) is 2.25. The van der Waals surface area contributed by atoms with Crippen molar-refractivity contribution in [3.63, 3.8) is 0 Å². The van der Waals surface area contributed by atoms with Gasteiger partial charge in [-0.05, 0) is 88.5 Å². The molecule has 0 N–H and O–H groups in total.